The molecule has 1 aromatic rings. The molecule has 0 radical (unpaired) electrons. The van der Waals surface area contributed by atoms with E-state index < -0.39 is 0 Å². The first-order valence-corrected chi connectivity index (χ1v) is 7.58. The van der Waals surface area contributed by atoms with Crippen LogP contribution in [0.3, 0.4) is 0 Å². The Balaban J connectivity index is 2.47. The second-order valence-corrected chi connectivity index (χ2v) is 6.39. The van der Waals surface area contributed by atoms with Gasteiger partial charge < -0.3 is 0 Å². The van der Waals surface area contributed by atoms with Crippen molar-refractivity contribution >= 4 is 23.5 Å². The molecular weight excluding hydrogens is 252 g/mol. The van der Waals surface area contributed by atoms with Gasteiger partial charge >= 0.3 is 0 Å². The first kappa shape index (κ1) is 12.8. The number of fused-ring (bicyclic) bond motifs is 1. The zero-order valence-electron chi connectivity index (χ0n) is 10.1. The van der Waals surface area contributed by atoms with Gasteiger partial charge in [-0.3, -0.25) is 9.36 Å². The highest BCUT2D eigenvalue weighted by Gasteiger charge is 2.25. The number of hydrogen-bond acceptors (Lipinski definition) is 4. The van der Waals surface area contributed by atoms with Crippen molar-refractivity contribution in [1.82, 2.24) is 9.55 Å². The summed E-state index contributed by atoms with van der Waals surface area (Å²) >= 11 is 3.23. The van der Waals surface area contributed by atoms with E-state index in [4.69, 9.17) is 0 Å². The summed E-state index contributed by atoms with van der Waals surface area (Å²) < 4.78 is 1.76. The summed E-state index contributed by atoms with van der Waals surface area (Å²) in [5.41, 5.74) is 1.10. The third-order valence-electron chi connectivity index (χ3n) is 2.61. The van der Waals surface area contributed by atoms with E-state index in [1.807, 2.05) is 13.0 Å². The monoisotopic (exact) mass is 268 g/mol. The number of rotatable bonds is 4. The Kier molecular flexibility index (Phi) is 3.99. The summed E-state index contributed by atoms with van der Waals surface area (Å²) in [4.78, 5) is 17.8. The maximum atomic E-state index is 12.3. The van der Waals surface area contributed by atoms with Crippen LogP contribution in [0.4, 0.5) is 0 Å². The van der Waals surface area contributed by atoms with Crippen LogP contribution in [0.2, 0.25) is 0 Å². The van der Waals surface area contributed by atoms with E-state index in [0.29, 0.717) is 11.8 Å². The predicted octanol–water partition coefficient (Wildman–Crippen LogP) is 2.58. The molecule has 1 atom stereocenters. The summed E-state index contributed by atoms with van der Waals surface area (Å²) in [6.07, 6.45) is 2.74. The Morgan fingerprint density at radius 3 is 3.12 bits per heavy atom. The minimum absolute atomic E-state index is 0.124. The molecule has 0 saturated carbocycles. The van der Waals surface area contributed by atoms with Crippen LogP contribution in [-0.2, 0) is 13.0 Å². The summed E-state index contributed by atoms with van der Waals surface area (Å²) in [5, 5.41) is 1.29. The fourth-order valence-electron chi connectivity index (χ4n) is 1.85. The van der Waals surface area contributed by atoms with Gasteiger partial charge in [0, 0.05) is 24.0 Å². The van der Waals surface area contributed by atoms with Crippen LogP contribution in [-0.4, -0.2) is 20.6 Å². The van der Waals surface area contributed by atoms with Crippen LogP contribution in [0.25, 0.3) is 0 Å². The van der Waals surface area contributed by atoms with Crippen LogP contribution in [0.15, 0.2) is 27.5 Å². The van der Waals surface area contributed by atoms with Gasteiger partial charge in [0.15, 0.2) is 5.16 Å². The molecule has 0 amide bonds. The van der Waals surface area contributed by atoms with Gasteiger partial charge in [-0.15, -0.1) is 18.3 Å². The van der Waals surface area contributed by atoms with Gasteiger partial charge in [-0.25, -0.2) is 4.98 Å². The molecule has 1 unspecified atom stereocenters. The van der Waals surface area contributed by atoms with E-state index >= 15 is 0 Å². The van der Waals surface area contributed by atoms with Gasteiger partial charge in [0.1, 0.15) is 0 Å². The highest BCUT2D eigenvalue weighted by molar-refractivity contribution is 8.00. The van der Waals surface area contributed by atoms with Gasteiger partial charge in [-0.05, 0) is 6.92 Å². The summed E-state index contributed by atoms with van der Waals surface area (Å²) in [7, 11) is 0. The molecule has 0 saturated heterocycles. The topological polar surface area (TPSA) is 34.9 Å². The second kappa shape index (κ2) is 5.31. The molecule has 17 heavy (non-hydrogen) atoms. The number of nitrogens with zero attached hydrogens (tertiary/aromatic N) is 2. The van der Waals surface area contributed by atoms with Crippen molar-refractivity contribution in [2.75, 3.05) is 5.75 Å². The van der Waals surface area contributed by atoms with Crippen molar-refractivity contribution < 1.29 is 0 Å². The molecule has 5 heteroatoms. The fourth-order valence-corrected chi connectivity index (χ4v) is 3.78. The van der Waals surface area contributed by atoms with Gasteiger partial charge in [-0.2, -0.15) is 0 Å². The Hall–Kier alpha value is -0.680. The maximum absolute atomic E-state index is 12.3. The lowest BCUT2D eigenvalue weighted by atomic mass is 10.2. The maximum Gasteiger partial charge on any atom is 0.268 e. The molecular formula is C12H16N2OS2. The van der Waals surface area contributed by atoms with Crippen molar-refractivity contribution in [2.45, 2.75) is 42.1 Å². The largest absolute Gasteiger partial charge is 0.287 e. The van der Waals surface area contributed by atoms with Crippen LogP contribution < -0.4 is 5.56 Å². The van der Waals surface area contributed by atoms with E-state index in [2.05, 4.69) is 18.5 Å². The number of thioether (sulfide) groups is 2. The van der Waals surface area contributed by atoms with Crippen LogP contribution in [0.1, 0.15) is 19.5 Å². The first-order chi connectivity index (χ1) is 8.17. The van der Waals surface area contributed by atoms with Crippen LogP contribution in [0, 0.1) is 0 Å². The van der Waals surface area contributed by atoms with Gasteiger partial charge in [-0.1, -0.05) is 24.8 Å². The Labute approximate surface area is 110 Å². The highest BCUT2D eigenvalue weighted by atomic mass is 32.2. The lowest BCUT2D eigenvalue weighted by Crippen LogP contribution is -2.24. The van der Waals surface area contributed by atoms with E-state index in [0.717, 1.165) is 27.9 Å². The first-order valence-electron chi connectivity index (χ1n) is 5.71. The molecule has 1 aliphatic rings. The second-order valence-electron chi connectivity index (χ2n) is 3.95. The number of hydrogen-bond donors (Lipinski definition) is 0. The van der Waals surface area contributed by atoms with Crippen LogP contribution in [0.5, 0.6) is 0 Å². The van der Waals surface area contributed by atoms with Crippen molar-refractivity contribution in [3.63, 3.8) is 0 Å². The molecule has 2 heterocycles. The molecule has 0 aliphatic carbocycles. The Morgan fingerprint density at radius 1 is 1.71 bits per heavy atom. The Morgan fingerprint density at radius 2 is 2.47 bits per heavy atom. The van der Waals surface area contributed by atoms with E-state index in [1.54, 1.807) is 28.1 Å². The van der Waals surface area contributed by atoms with Crippen molar-refractivity contribution in [3.05, 3.63) is 28.7 Å². The zero-order chi connectivity index (χ0) is 12.4. The predicted molar refractivity (Wildman–Crippen MR) is 74.1 cm³/mol. The molecule has 3 nitrogen and oxygen atoms in total. The van der Waals surface area contributed by atoms with Crippen molar-refractivity contribution in [3.8, 4) is 0 Å². The SMILES string of the molecule is C=CCSc1nc2c(c(=O)n1CC)SC(C)C2. The van der Waals surface area contributed by atoms with Crippen molar-refractivity contribution in [2.24, 2.45) is 0 Å². The highest BCUT2D eigenvalue weighted by Crippen LogP contribution is 2.34. The standard InChI is InChI=1S/C12H16N2OS2/c1-4-6-16-12-13-9-7-8(3)17-10(9)11(15)14(12)5-2/h4,8H,1,5-7H2,2-3H3. The quantitative estimate of drug-likeness (QED) is 0.477. The van der Waals surface area contributed by atoms with Gasteiger partial charge in [0.05, 0.1) is 10.6 Å². The summed E-state index contributed by atoms with van der Waals surface area (Å²) in [6.45, 7) is 8.49. The molecule has 0 spiro atoms. The fraction of sp³-hybridized carbons (Fsp3) is 0.500. The number of aromatic nitrogens is 2. The molecule has 2 rings (SSSR count). The van der Waals surface area contributed by atoms with Crippen molar-refractivity contribution in [1.29, 1.82) is 0 Å². The average molecular weight is 268 g/mol. The van der Waals surface area contributed by atoms with E-state index in [9.17, 15) is 4.79 Å². The minimum atomic E-state index is 0.124. The summed E-state index contributed by atoms with van der Waals surface area (Å²) in [5.74, 6) is 0.786. The normalized spacial score (nSPS) is 18.1. The lowest BCUT2D eigenvalue weighted by Gasteiger charge is -2.10. The molecule has 1 aliphatic heterocycles. The minimum Gasteiger partial charge on any atom is -0.287 e. The molecule has 0 N–H and O–H groups in total. The third kappa shape index (κ3) is 2.45. The molecule has 92 valence electrons. The molecule has 0 aromatic carbocycles. The van der Waals surface area contributed by atoms with E-state index in [1.165, 1.54) is 0 Å². The zero-order valence-corrected chi connectivity index (χ0v) is 11.7. The molecule has 1 aromatic heterocycles. The van der Waals surface area contributed by atoms with Gasteiger partial charge in [0.2, 0.25) is 0 Å². The van der Waals surface area contributed by atoms with Crippen LogP contribution >= 0.6 is 23.5 Å². The van der Waals surface area contributed by atoms with E-state index in [-0.39, 0.29) is 5.56 Å². The molecule has 0 bridgehead atoms. The average Bonchev–Trinajstić information content (AvgIpc) is 2.67. The smallest absolute Gasteiger partial charge is 0.268 e. The lowest BCUT2D eigenvalue weighted by molar-refractivity contribution is 0.596. The molecule has 0 fully saturated rings. The third-order valence-corrected chi connectivity index (χ3v) is 4.80. The summed E-state index contributed by atoms with van der Waals surface area (Å²) in [6, 6.07) is 0. The Bertz CT molecular complexity index is 496. The van der Waals surface area contributed by atoms with Gasteiger partial charge in [0.25, 0.3) is 5.56 Å².